The van der Waals surface area contributed by atoms with E-state index in [1.807, 2.05) is 24.9 Å². The van der Waals surface area contributed by atoms with E-state index in [1.54, 1.807) is 6.20 Å². The van der Waals surface area contributed by atoms with Crippen molar-refractivity contribution < 1.29 is 4.74 Å². The zero-order valence-electron chi connectivity index (χ0n) is 13.3. The van der Waals surface area contributed by atoms with Crippen LogP contribution in [-0.2, 0) is 0 Å². The molecule has 0 amide bonds. The van der Waals surface area contributed by atoms with Gasteiger partial charge in [0.25, 0.3) is 0 Å². The van der Waals surface area contributed by atoms with Crippen LogP contribution in [0.1, 0.15) is 31.9 Å². The molecule has 1 aromatic heterocycles. The molecule has 1 aliphatic heterocycles. The van der Waals surface area contributed by atoms with Gasteiger partial charge in [-0.15, -0.1) is 0 Å². The van der Waals surface area contributed by atoms with Gasteiger partial charge in [-0.25, -0.2) is 0 Å². The Kier molecular flexibility index (Phi) is 6.80. The predicted octanol–water partition coefficient (Wildman–Crippen LogP) is 2.57. The fraction of sp³-hybridized carbons (Fsp3) is 0.688. The number of aromatic nitrogens is 1. The second-order valence-electron chi connectivity index (χ2n) is 5.44. The van der Waals surface area contributed by atoms with Gasteiger partial charge in [-0.2, -0.15) is 11.8 Å². The average molecular weight is 309 g/mol. The van der Waals surface area contributed by atoms with Gasteiger partial charge in [-0.1, -0.05) is 6.92 Å². The highest BCUT2D eigenvalue weighted by Crippen LogP contribution is 2.28. The fourth-order valence-electron chi connectivity index (χ4n) is 2.68. The lowest BCUT2D eigenvalue weighted by atomic mass is 10.0. The monoisotopic (exact) mass is 309 g/mol. The summed E-state index contributed by atoms with van der Waals surface area (Å²) in [6.07, 6.45) is 4.91. The lowest BCUT2D eigenvalue weighted by Crippen LogP contribution is -2.48. The first-order valence-electron chi connectivity index (χ1n) is 7.85. The molecule has 1 saturated heterocycles. The van der Waals surface area contributed by atoms with E-state index in [9.17, 15) is 0 Å². The van der Waals surface area contributed by atoms with E-state index < -0.39 is 0 Å². The summed E-state index contributed by atoms with van der Waals surface area (Å²) < 4.78 is 5.61. The Morgan fingerprint density at radius 1 is 1.48 bits per heavy atom. The van der Waals surface area contributed by atoms with Crippen molar-refractivity contribution in [1.82, 2.24) is 15.2 Å². The molecule has 1 fully saturated rings. The van der Waals surface area contributed by atoms with Crippen LogP contribution in [0.3, 0.4) is 0 Å². The Morgan fingerprint density at radius 3 is 3.05 bits per heavy atom. The van der Waals surface area contributed by atoms with Crippen LogP contribution in [0.15, 0.2) is 18.5 Å². The molecule has 0 bridgehead atoms. The molecule has 2 unspecified atom stereocenters. The van der Waals surface area contributed by atoms with E-state index in [0.717, 1.165) is 31.0 Å². The number of pyridine rings is 1. The van der Waals surface area contributed by atoms with E-state index in [1.165, 1.54) is 11.3 Å². The zero-order chi connectivity index (χ0) is 15.1. The Morgan fingerprint density at radius 2 is 2.33 bits per heavy atom. The maximum atomic E-state index is 5.61. The molecule has 2 atom stereocenters. The number of ether oxygens (including phenoxy) is 1. The Balaban J connectivity index is 2.19. The van der Waals surface area contributed by atoms with Crippen LogP contribution < -0.4 is 10.1 Å². The van der Waals surface area contributed by atoms with Gasteiger partial charge in [0.1, 0.15) is 5.75 Å². The average Bonchev–Trinajstić information content (AvgIpc) is 2.50. The van der Waals surface area contributed by atoms with Crippen molar-refractivity contribution in [2.45, 2.75) is 32.4 Å². The second-order valence-corrected chi connectivity index (χ2v) is 6.59. The quantitative estimate of drug-likeness (QED) is 0.838. The van der Waals surface area contributed by atoms with Crippen molar-refractivity contribution in [3.63, 3.8) is 0 Å². The summed E-state index contributed by atoms with van der Waals surface area (Å²) in [6, 6.07) is 2.96. The van der Waals surface area contributed by atoms with E-state index in [2.05, 4.69) is 35.2 Å². The van der Waals surface area contributed by atoms with Crippen molar-refractivity contribution in [2.24, 2.45) is 0 Å². The topological polar surface area (TPSA) is 37.4 Å². The van der Waals surface area contributed by atoms with Crippen molar-refractivity contribution in [1.29, 1.82) is 0 Å². The summed E-state index contributed by atoms with van der Waals surface area (Å²) in [5.41, 5.74) is 1.23. The van der Waals surface area contributed by atoms with Crippen LogP contribution in [0, 0.1) is 0 Å². The second kappa shape index (κ2) is 8.61. The number of nitrogens with one attached hydrogen (secondary N) is 1. The first-order valence-corrected chi connectivity index (χ1v) is 9.00. The summed E-state index contributed by atoms with van der Waals surface area (Å²) in [6.45, 7) is 7.07. The Labute approximate surface area is 132 Å². The fourth-order valence-corrected chi connectivity index (χ4v) is 3.96. The number of hydrogen-bond donors (Lipinski definition) is 1. The Hall–Kier alpha value is -0.780. The minimum absolute atomic E-state index is 0.315. The van der Waals surface area contributed by atoms with Crippen LogP contribution in [0.2, 0.25) is 0 Å². The lowest BCUT2D eigenvalue weighted by molar-refractivity contribution is 0.215. The third kappa shape index (κ3) is 4.59. The summed E-state index contributed by atoms with van der Waals surface area (Å²) in [4.78, 5) is 6.83. The molecule has 2 heterocycles. The van der Waals surface area contributed by atoms with Crippen molar-refractivity contribution in [2.75, 3.05) is 38.2 Å². The van der Waals surface area contributed by atoms with E-state index in [-0.39, 0.29) is 0 Å². The molecule has 1 aliphatic rings. The molecule has 1 aromatic rings. The number of nitrogens with zero attached hydrogens (tertiary/aromatic N) is 2. The molecule has 2 rings (SSSR count). The Bertz CT molecular complexity index is 430. The minimum atomic E-state index is 0.315. The highest BCUT2D eigenvalue weighted by molar-refractivity contribution is 7.99. The summed E-state index contributed by atoms with van der Waals surface area (Å²) in [5.74, 6) is 3.26. The largest absolute Gasteiger partial charge is 0.492 e. The van der Waals surface area contributed by atoms with Crippen LogP contribution in [-0.4, -0.2) is 54.2 Å². The molecule has 0 aliphatic carbocycles. The van der Waals surface area contributed by atoms with Gasteiger partial charge in [-0.3, -0.25) is 9.88 Å². The zero-order valence-corrected chi connectivity index (χ0v) is 14.2. The third-order valence-corrected chi connectivity index (χ3v) is 4.90. The van der Waals surface area contributed by atoms with Gasteiger partial charge in [0.15, 0.2) is 0 Å². The standard InChI is InChI=1S/C16H27N3OS/c1-4-6-18-16(15-12-21-8-7-19(15)3)13-9-14(20-5-2)11-17-10-13/h9-11,15-16,18H,4-8,12H2,1-3H3. The van der Waals surface area contributed by atoms with Gasteiger partial charge in [-0.05, 0) is 38.6 Å². The summed E-state index contributed by atoms with van der Waals surface area (Å²) >= 11 is 2.04. The first kappa shape index (κ1) is 16.6. The first-order chi connectivity index (χ1) is 10.3. The van der Waals surface area contributed by atoms with Gasteiger partial charge in [0, 0.05) is 30.3 Å². The van der Waals surface area contributed by atoms with Crippen LogP contribution >= 0.6 is 11.8 Å². The molecule has 5 heteroatoms. The van der Waals surface area contributed by atoms with Crippen molar-refractivity contribution in [3.8, 4) is 5.75 Å². The van der Waals surface area contributed by atoms with Crippen LogP contribution in [0.25, 0.3) is 0 Å². The molecule has 0 aromatic carbocycles. The summed E-state index contributed by atoms with van der Waals surface area (Å²) in [7, 11) is 2.23. The predicted molar refractivity (Wildman–Crippen MR) is 90.2 cm³/mol. The maximum Gasteiger partial charge on any atom is 0.137 e. The van der Waals surface area contributed by atoms with E-state index in [4.69, 9.17) is 4.74 Å². The SMILES string of the molecule is CCCNC(c1cncc(OCC)c1)C1CSCCN1C. The molecule has 0 spiro atoms. The highest BCUT2D eigenvalue weighted by atomic mass is 32.2. The third-order valence-electron chi connectivity index (χ3n) is 3.85. The number of thioether (sulfide) groups is 1. The van der Waals surface area contributed by atoms with Gasteiger partial charge in [0.2, 0.25) is 0 Å². The van der Waals surface area contributed by atoms with Gasteiger partial charge in [0.05, 0.1) is 18.8 Å². The van der Waals surface area contributed by atoms with Gasteiger partial charge >= 0.3 is 0 Å². The number of hydrogen-bond acceptors (Lipinski definition) is 5. The normalized spacial score (nSPS) is 21.2. The number of likely N-dealkylation sites (N-methyl/N-ethyl adjacent to an activating group) is 1. The molecular weight excluding hydrogens is 282 g/mol. The van der Waals surface area contributed by atoms with E-state index >= 15 is 0 Å². The molecule has 1 N–H and O–H groups in total. The van der Waals surface area contributed by atoms with Crippen LogP contribution in [0.4, 0.5) is 0 Å². The molecule has 0 saturated carbocycles. The number of rotatable bonds is 7. The van der Waals surface area contributed by atoms with E-state index in [0.29, 0.717) is 18.7 Å². The molecule has 0 radical (unpaired) electrons. The van der Waals surface area contributed by atoms with Crippen molar-refractivity contribution in [3.05, 3.63) is 24.0 Å². The minimum Gasteiger partial charge on any atom is -0.492 e. The molecular formula is C16H27N3OS. The smallest absolute Gasteiger partial charge is 0.137 e. The lowest BCUT2D eigenvalue weighted by Gasteiger charge is -2.38. The van der Waals surface area contributed by atoms with Crippen LogP contribution in [0.5, 0.6) is 5.75 Å². The van der Waals surface area contributed by atoms with Gasteiger partial charge < -0.3 is 10.1 Å². The maximum absolute atomic E-state index is 5.61. The molecule has 4 nitrogen and oxygen atoms in total. The van der Waals surface area contributed by atoms with Crippen molar-refractivity contribution >= 4 is 11.8 Å². The molecule has 21 heavy (non-hydrogen) atoms. The highest BCUT2D eigenvalue weighted by Gasteiger charge is 2.29. The summed E-state index contributed by atoms with van der Waals surface area (Å²) in [5, 5.41) is 3.70. The molecule has 118 valence electrons.